The molecule has 2 heteroatoms. The Morgan fingerprint density at radius 3 is 1.00 bits per heavy atom. The number of nitrogens with zero attached hydrogens (tertiary/aromatic N) is 1. The summed E-state index contributed by atoms with van der Waals surface area (Å²) < 4.78 is 0. The molecule has 9 heavy (non-hydrogen) atoms. The van der Waals surface area contributed by atoms with E-state index in [0.29, 0.717) is 5.31 Å². The molecule has 56 valence electrons. The van der Waals surface area contributed by atoms with Gasteiger partial charge in [0.1, 0.15) is 7.85 Å². The molecule has 0 aliphatic rings. The van der Waals surface area contributed by atoms with E-state index in [1.807, 2.05) is 26.0 Å². The van der Waals surface area contributed by atoms with Gasteiger partial charge in [-0.25, -0.2) is 0 Å². The molecule has 0 N–H and O–H groups in total. The van der Waals surface area contributed by atoms with Crippen molar-refractivity contribution in [3.05, 3.63) is 0 Å². The summed E-state index contributed by atoms with van der Waals surface area (Å²) in [5.41, 5.74) is 0. The fraction of sp³-hybridized carbons (Fsp3) is 1.00. The Balaban J connectivity index is 0. The van der Waals surface area contributed by atoms with Crippen LogP contribution in [0.3, 0.4) is 0 Å². The molecule has 0 atom stereocenters. The van der Waals surface area contributed by atoms with E-state index in [2.05, 4.69) is 28.6 Å². The van der Waals surface area contributed by atoms with Crippen molar-refractivity contribution >= 4 is 7.85 Å². The Bertz CT molecular complexity index is 45.7. The van der Waals surface area contributed by atoms with Gasteiger partial charge >= 0.3 is 0 Å². The summed E-state index contributed by atoms with van der Waals surface area (Å²) in [5.74, 6) is 0. The molecule has 0 unspecified atom stereocenters. The third kappa shape index (κ3) is 469000. The van der Waals surface area contributed by atoms with Crippen molar-refractivity contribution in [1.82, 2.24) is 4.90 Å². The van der Waals surface area contributed by atoms with Crippen LogP contribution in [0.15, 0.2) is 0 Å². The first kappa shape index (κ1) is 11.8. The average molecular weight is 129 g/mol. The molecule has 0 radical (unpaired) electrons. The van der Waals surface area contributed by atoms with Gasteiger partial charge in [0.15, 0.2) is 0 Å². The minimum atomic E-state index is 0.500. The summed E-state index contributed by atoms with van der Waals surface area (Å²) in [6.07, 6.45) is 0. The van der Waals surface area contributed by atoms with Crippen molar-refractivity contribution in [1.29, 1.82) is 0 Å². The van der Waals surface area contributed by atoms with Crippen LogP contribution in [0.25, 0.3) is 0 Å². The lowest BCUT2D eigenvalue weighted by molar-refractivity contribution is 0.505. The average Bonchev–Trinajstić information content (AvgIpc) is 1.19. The third-order valence-electron chi connectivity index (χ3n) is 0. The van der Waals surface area contributed by atoms with Crippen LogP contribution in [-0.2, 0) is 0 Å². The zero-order valence-electron chi connectivity index (χ0n) is 7.95. The van der Waals surface area contributed by atoms with Gasteiger partial charge in [-0.3, -0.25) is 0 Å². The monoisotopic (exact) mass is 129 g/mol. The summed E-state index contributed by atoms with van der Waals surface area (Å²) in [5, 5.41) is 0.500. The lowest BCUT2D eigenvalue weighted by Crippen LogP contribution is -1.99. The quantitative estimate of drug-likeness (QED) is 0.441. The molecular formula is C7H20BN. The fourth-order valence-corrected chi connectivity index (χ4v) is 0. The molecule has 0 rings (SSSR count). The summed E-state index contributed by atoms with van der Waals surface area (Å²) in [6.45, 7) is 6.56. The molecule has 0 fully saturated rings. The second-order valence-corrected chi connectivity index (χ2v) is 4.34. The van der Waals surface area contributed by atoms with E-state index in [9.17, 15) is 0 Å². The van der Waals surface area contributed by atoms with E-state index in [1.165, 1.54) is 0 Å². The summed E-state index contributed by atoms with van der Waals surface area (Å²) >= 11 is 0. The maximum atomic E-state index is 2.19. The minimum absolute atomic E-state index is 0.500. The van der Waals surface area contributed by atoms with Gasteiger partial charge in [-0.15, -0.1) is 0 Å². The molecule has 0 heterocycles. The van der Waals surface area contributed by atoms with Gasteiger partial charge in [-0.05, 0) is 21.1 Å². The Kier molecular flexibility index (Phi) is 6.36. The summed E-state index contributed by atoms with van der Waals surface area (Å²) in [6, 6.07) is 0. The molecule has 1 nitrogen and oxygen atoms in total. The van der Waals surface area contributed by atoms with Crippen LogP contribution in [0.4, 0.5) is 0 Å². The largest absolute Gasteiger partial charge is 0.312 e. The molecule has 0 amide bonds. The van der Waals surface area contributed by atoms with E-state index in [-0.39, 0.29) is 0 Å². The topological polar surface area (TPSA) is 3.24 Å². The highest BCUT2D eigenvalue weighted by molar-refractivity contribution is 6.14. The normalized spacial score (nSPS) is 10.6. The first-order chi connectivity index (χ1) is 3.73. The summed E-state index contributed by atoms with van der Waals surface area (Å²) in [4.78, 5) is 2.00. The molecule has 0 saturated carbocycles. The van der Waals surface area contributed by atoms with Crippen molar-refractivity contribution in [3.8, 4) is 0 Å². The molecule has 0 aromatic carbocycles. The zero-order valence-corrected chi connectivity index (χ0v) is 7.95. The molecule has 0 aromatic rings. The Hall–Kier alpha value is 0.0249. The van der Waals surface area contributed by atoms with Gasteiger partial charge < -0.3 is 4.90 Å². The van der Waals surface area contributed by atoms with Crippen LogP contribution in [0, 0.1) is 0 Å². The number of hydrogen-bond donors (Lipinski definition) is 0. The van der Waals surface area contributed by atoms with E-state index in [0.717, 1.165) is 0 Å². The maximum Gasteiger partial charge on any atom is 0.108 e. The van der Waals surface area contributed by atoms with Crippen LogP contribution in [0.2, 0.25) is 5.31 Å². The third-order valence-corrected chi connectivity index (χ3v) is 0. The maximum absolute atomic E-state index is 2.19. The van der Waals surface area contributed by atoms with Crippen LogP contribution in [0.1, 0.15) is 20.8 Å². The van der Waals surface area contributed by atoms with Crippen molar-refractivity contribution < 1.29 is 0 Å². The molecule has 0 saturated heterocycles. The summed E-state index contributed by atoms with van der Waals surface area (Å²) in [7, 11) is 8.19. The lowest BCUT2D eigenvalue weighted by Gasteiger charge is -2.05. The van der Waals surface area contributed by atoms with Gasteiger partial charge in [0.05, 0.1) is 0 Å². The minimum Gasteiger partial charge on any atom is -0.312 e. The van der Waals surface area contributed by atoms with Gasteiger partial charge in [0, 0.05) is 0 Å². The highest BCUT2D eigenvalue weighted by atomic mass is 15.0. The second kappa shape index (κ2) is 4.86. The first-order valence-electron chi connectivity index (χ1n) is 3.34. The van der Waals surface area contributed by atoms with Crippen LogP contribution in [0.5, 0.6) is 0 Å². The van der Waals surface area contributed by atoms with Gasteiger partial charge in [-0.2, -0.15) is 0 Å². The molecule has 0 aliphatic heterocycles. The van der Waals surface area contributed by atoms with Gasteiger partial charge in [0.2, 0.25) is 0 Å². The van der Waals surface area contributed by atoms with Gasteiger partial charge in [0.25, 0.3) is 0 Å². The first-order valence-corrected chi connectivity index (χ1v) is 3.34. The SMILES string of the molecule is BC(C)(C)C.CN(C)C. The Labute approximate surface area is 60.8 Å². The predicted molar refractivity (Wildman–Crippen MR) is 47.9 cm³/mol. The Morgan fingerprint density at radius 1 is 1.00 bits per heavy atom. The van der Waals surface area contributed by atoms with Crippen LogP contribution in [-0.4, -0.2) is 33.9 Å². The molecular weight excluding hydrogens is 109 g/mol. The van der Waals surface area contributed by atoms with E-state index in [4.69, 9.17) is 0 Å². The van der Waals surface area contributed by atoms with Gasteiger partial charge in [-0.1, -0.05) is 26.1 Å². The number of hydrogen-bond acceptors (Lipinski definition) is 1. The van der Waals surface area contributed by atoms with Crippen molar-refractivity contribution in [2.75, 3.05) is 21.1 Å². The molecule has 0 spiro atoms. The zero-order chi connectivity index (χ0) is 8.08. The fourth-order valence-electron chi connectivity index (χ4n) is 0. The van der Waals surface area contributed by atoms with E-state index >= 15 is 0 Å². The molecule has 0 aliphatic carbocycles. The van der Waals surface area contributed by atoms with E-state index < -0.39 is 0 Å². The van der Waals surface area contributed by atoms with Crippen molar-refractivity contribution in [3.63, 3.8) is 0 Å². The predicted octanol–water partition coefficient (Wildman–Crippen LogP) is 1.02. The smallest absolute Gasteiger partial charge is 0.108 e. The molecule has 0 aromatic heterocycles. The highest BCUT2D eigenvalue weighted by Gasteiger charge is 1.96. The lowest BCUT2D eigenvalue weighted by atomic mass is 9.75. The van der Waals surface area contributed by atoms with Crippen molar-refractivity contribution in [2.24, 2.45) is 0 Å². The van der Waals surface area contributed by atoms with Crippen molar-refractivity contribution in [2.45, 2.75) is 26.1 Å². The number of rotatable bonds is 0. The van der Waals surface area contributed by atoms with E-state index in [1.54, 1.807) is 0 Å². The van der Waals surface area contributed by atoms with Crippen LogP contribution >= 0.6 is 0 Å². The Morgan fingerprint density at radius 2 is 1.00 bits per heavy atom. The second-order valence-electron chi connectivity index (χ2n) is 4.34. The standard InChI is InChI=1S/C4H11B.C3H9N/c1-4(2,3)5;1-4(2)3/h5H2,1-3H3;1-3H3. The van der Waals surface area contributed by atoms with Crippen LogP contribution < -0.4 is 0 Å². The highest BCUT2D eigenvalue weighted by Crippen LogP contribution is 2.13. The molecule has 0 bridgehead atoms.